The first-order valence-corrected chi connectivity index (χ1v) is 7.19. The smallest absolute Gasteiger partial charge is 0.379 e. The van der Waals surface area contributed by atoms with Crippen molar-refractivity contribution < 1.29 is 17.5 Å². The van der Waals surface area contributed by atoms with Gasteiger partial charge in [-0.1, -0.05) is 25.1 Å². The Kier molecular flexibility index (Phi) is 10.8. The van der Waals surface area contributed by atoms with E-state index >= 15 is 0 Å². The second-order valence-electron chi connectivity index (χ2n) is 3.60. The predicted octanol–water partition coefficient (Wildman–Crippen LogP) is 0.691. The lowest BCUT2D eigenvalue weighted by Gasteiger charge is -2.18. The number of nitrogens with two attached hydrogens (primary N) is 1. The first-order valence-electron chi connectivity index (χ1n) is 4.91. The quantitative estimate of drug-likeness (QED) is 0.333. The summed E-state index contributed by atoms with van der Waals surface area (Å²) in [7, 11) is -0.577. The van der Waals surface area contributed by atoms with Gasteiger partial charge in [0, 0.05) is 11.8 Å². The van der Waals surface area contributed by atoms with Gasteiger partial charge in [-0.15, -0.1) is 0 Å². The van der Waals surface area contributed by atoms with Crippen LogP contribution in [0.15, 0.2) is 0 Å². The van der Waals surface area contributed by atoms with Crippen LogP contribution in [-0.2, 0) is 10.4 Å². The molecule has 0 saturated heterocycles. The minimum atomic E-state index is -4.67. The van der Waals surface area contributed by atoms with Crippen molar-refractivity contribution in [2.45, 2.75) is 25.0 Å². The van der Waals surface area contributed by atoms with E-state index in [1.807, 2.05) is 14.1 Å². The zero-order valence-electron chi connectivity index (χ0n) is 10.3. The molecule has 0 rings (SSSR count). The van der Waals surface area contributed by atoms with Gasteiger partial charge in [-0.05, 0) is 20.5 Å². The molecule has 0 bridgehead atoms. The number of hydrogen-bond acceptors (Lipinski definition) is 5. The molecule has 0 aromatic rings. The molecule has 0 saturated carbocycles. The lowest BCUT2D eigenvalue weighted by molar-refractivity contribution is 0.381. The Labute approximate surface area is 107 Å². The van der Waals surface area contributed by atoms with E-state index in [0.717, 1.165) is 19.4 Å². The average molecular weight is 287 g/mol. The summed E-state index contributed by atoms with van der Waals surface area (Å²) in [5, 5.41) is 7.88. The van der Waals surface area contributed by atoms with Gasteiger partial charge >= 0.3 is 10.4 Å². The monoisotopic (exact) mass is 287 g/mol. The summed E-state index contributed by atoms with van der Waals surface area (Å²) < 4.78 is 31.6. The summed E-state index contributed by atoms with van der Waals surface area (Å²) in [6, 6.07) is 0. The van der Waals surface area contributed by atoms with Gasteiger partial charge in [0.05, 0.1) is 0 Å². The number of rotatable bonds is 5. The summed E-state index contributed by atoms with van der Waals surface area (Å²) >= 11 is 1.47. The molecule has 0 radical (unpaired) electrons. The van der Waals surface area contributed by atoms with Crippen molar-refractivity contribution in [1.29, 1.82) is 5.41 Å². The summed E-state index contributed by atoms with van der Waals surface area (Å²) in [6.07, 6.45) is 2.28. The van der Waals surface area contributed by atoms with E-state index in [0.29, 0.717) is 5.25 Å². The summed E-state index contributed by atoms with van der Waals surface area (Å²) in [6.45, 7) is 3.15. The highest BCUT2D eigenvalue weighted by Gasteiger charge is 2.10. The Balaban J connectivity index is 0. The molecule has 0 aromatic carbocycles. The van der Waals surface area contributed by atoms with Crippen molar-refractivity contribution >= 4 is 27.3 Å². The molecule has 9 heteroatoms. The molecule has 104 valence electrons. The first kappa shape index (κ1) is 19.0. The third-order valence-electron chi connectivity index (χ3n) is 1.47. The van der Waals surface area contributed by atoms with E-state index in [-0.39, 0.29) is 5.17 Å². The molecule has 0 aliphatic rings. The summed E-state index contributed by atoms with van der Waals surface area (Å²) in [5.74, 6) is 0. The highest BCUT2D eigenvalue weighted by molar-refractivity contribution is 8.14. The average Bonchev–Trinajstić information content (AvgIpc) is 1.97. The van der Waals surface area contributed by atoms with E-state index in [2.05, 4.69) is 11.8 Å². The lowest BCUT2D eigenvalue weighted by Crippen LogP contribution is -2.25. The van der Waals surface area contributed by atoms with Gasteiger partial charge in [0.2, 0.25) is 0 Å². The zero-order valence-corrected chi connectivity index (χ0v) is 11.9. The molecule has 1 atom stereocenters. The van der Waals surface area contributed by atoms with Crippen molar-refractivity contribution in [3.05, 3.63) is 0 Å². The molecular weight excluding hydrogens is 266 g/mol. The van der Waals surface area contributed by atoms with Crippen LogP contribution in [0.4, 0.5) is 0 Å². The normalized spacial score (nSPS) is 12.8. The van der Waals surface area contributed by atoms with Crippen molar-refractivity contribution in [3.63, 3.8) is 0 Å². The number of thioether (sulfide) groups is 1. The second-order valence-corrected chi connectivity index (χ2v) is 5.84. The first-order chi connectivity index (χ1) is 7.56. The molecule has 0 heterocycles. The third-order valence-corrected chi connectivity index (χ3v) is 2.45. The van der Waals surface area contributed by atoms with E-state index in [1.165, 1.54) is 11.8 Å². The molecule has 0 aliphatic carbocycles. The lowest BCUT2D eigenvalue weighted by atomic mass is 10.2. The predicted molar refractivity (Wildman–Crippen MR) is 70.9 cm³/mol. The van der Waals surface area contributed by atoms with E-state index in [4.69, 9.17) is 28.7 Å². The molecule has 17 heavy (non-hydrogen) atoms. The van der Waals surface area contributed by atoms with Crippen LogP contribution in [0.3, 0.4) is 0 Å². The van der Waals surface area contributed by atoms with Crippen molar-refractivity contribution in [2.24, 2.45) is 5.73 Å². The van der Waals surface area contributed by atoms with Gasteiger partial charge < -0.3 is 10.6 Å². The second kappa shape index (κ2) is 9.66. The van der Waals surface area contributed by atoms with Gasteiger partial charge in [-0.25, -0.2) is 0 Å². The van der Waals surface area contributed by atoms with Crippen molar-refractivity contribution in [1.82, 2.24) is 4.90 Å². The maximum atomic E-state index is 8.74. The van der Waals surface area contributed by atoms with Crippen LogP contribution in [0.25, 0.3) is 0 Å². The fraction of sp³-hybridized carbons (Fsp3) is 0.875. The standard InChI is InChI=1S/C8H19N3S.H2O4S/c1-4-5-7(6-11(2)3)12-8(9)10;1-5(2,3)4/h7H,4-6H2,1-3H3,(H3,9,10);(H2,1,2,3,4). The maximum absolute atomic E-state index is 8.74. The van der Waals surface area contributed by atoms with Crippen LogP contribution in [0, 0.1) is 5.41 Å². The number of hydrogen-bond donors (Lipinski definition) is 4. The molecule has 1 unspecified atom stereocenters. The van der Waals surface area contributed by atoms with Crippen LogP contribution in [-0.4, -0.2) is 53.5 Å². The van der Waals surface area contributed by atoms with Gasteiger partial charge in [0.1, 0.15) is 0 Å². The Hall–Kier alpha value is -0.350. The topological polar surface area (TPSA) is 128 Å². The van der Waals surface area contributed by atoms with Crippen molar-refractivity contribution in [3.8, 4) is 0 Å². The Morgan fingerprint density at radius 3 is 2.12 bits per heavy atom. The van der Waals surface area contributed by atoms with Crippen LogP contribution >= 0.6 is 11.8 Å². The molecule has 5 N–H and O–H groups in total. The maximum Gasteiger partial charge on any atom is 0.394 e. The summed E-state index contributed by atoms with van der Waals surface area (Å²) in [5.41, 5.74) is 5.33. The highest BCUT2D eigenvalue weighted by Crippen LogP contribution is 2.16. The Morgan fingerprint density at radius 2 is 1.88 bits per heavy atom. The van der Waals surface area contributed by atoms with Crippen LogP contribution in [0.5, 0.6) is 0 Å². The molecule has 0 amide bonds. The zero-order chi connectivity index (χ0) is 14.1. The minimum Gasteiger partial charge on any atom is -0.379 e. The molecule has 0 aromatic heterocycles. The largest absolute Gasteiger partial charge is 0.394 e. The van der Waals surface area contributed by atoms with Gasteiger partial charge in [0.25, 0.3) is 0 Å². The van der Waals surface area contributed by atoms with Crippen LogP contribution < -0.4 is 5.73 Å². The van der Waals surface area contributed by atoms with Gasteiger partial charge in [0.15, 0.2) is 5.17 Å². The Morgan fingerprint density at radius 1 is 1.47 bits per heavy atom. The number of nitrogens with zero attached hydrogens (tertiary/aromatic N) is 1. The highest BCUT2D eigenvalue weighted by atomic mass is 32.3. The Bertz CT molecular complexity index is 298. The van der Waals surface area contributed by atoms with Crippen molar-refractivity contribution in [2.75, 3.05) is 20.6 Å². The third kappa shape index (κ3) is 25.7. The van der Waals surface area contributed by atoms with E-state index in [9.17, 15) is 0 Å². The van der Waals surface area contributed by atoms with Crippen LogP contribution in [0.1, 0.15) is 19.8 Å². The SMILES string of the molecule is CCCC(CN(C)C)SC(=N)N.O=S(=O)(O)O. The minimum absolute atomic E-state index is 0.232. The van der Waals surface area contributed by atoms with Crippen LogP contribution in [0.2, 0.25) is 0 Å². The number of amidine groups is 1. The van der Waals surface area contributed by atoms with Gasteiger partial charge in [-0.2, -0.15) is 8.42 Å². The molecule has 0 fully saturated rings. The molecule has 0 aliphatic heterocycles. The molecular formula is C8H21N3O4S2. The fourth-order valence-electron chi connectivity index (χ4n) is 1.10. The van der Waals surface area contributed by atoms with Gasteiger partial charge in [-0.3, -0.25) is 14.5 Å². The fourth-order valence-corrected chi connectivity index (χ4v) is 2.18. The van der Waals surface area contributed by atoms with E-state index < -0.39 is 10.4 Å². The summed E-state index contributed by atoms with van der Waals surface area (Å²) in [4.78, 5) is 2.14. The number of nitrogens with one attached hydrogen (secondary N) is 1. The molecule has 0 spiro atoms. The molecule has 7 nitrogen and oxygen atoms in total. The van der Waals surface area contributed by atoms with E-state index in [1.54, 1.807) is 0 Å².